The van der Waals surface area contributed by atoms with E-state index < -0.39 is 17.8 Å². The molecule has 2 aromatic heterocycles. The summed E-state index contributed by atoms with van der Waals surface area (Å²) in [6.07, 6.45) is 1.65. The van der Waals surface area contributed by atoms with Gasteiger partial charge in [0.2, 0.25) is 0 Å². The van der Waals surface area contributed by atoms with Gasteiger partial charge in [0.05, 0.1) is 23.1 Å². The third kappa shape index (κ3) is 4.15. The van der Waals surface area contributed by atoms with Crippen LogP contribution in [0.1, 0.15) is 17.3 Å². The number of halogens is 1. The highest BCUT2D eigenvalue weighted by Gasteiger charge is 2.21. The van der Waals surface area contributed by atoms with Crippen molar-refractivity contribution in [2.75, 3.05) is 19.0 Å². The number of pyridine rings is 1. The Morgan fingerprint density at radius 3 is 2.69 bits per heavy atom. The Morgan fingerprint density at radius 2 is 1.97 bits per heavy atom. The maximum absolute atomic E-state index is 15.6. The SMILES string of the molecule is CCNC(=O)Nc1nc2c(F)c(-c3cccc(C(=O)OC)c3)cc(-c3ccccn3)c2s1. The zero-order chi connectivity index (χ0) is 22.7. The van der Waals surface area contributed by atoms with E-state index in [-0.39, 0.29) is 16.2 Å². The summed E-state index contributed by atoms with van der Waals surface area (Å²) in [5.74, 6) is -1.07. The van der Waals surface area contributed by atoms with Crippen LogP contribution in [0.25, 0.3) is 32.6 Å². The van der Waals surface area contributed by atoms with E-state index in [1.54, 1.807) is 49.5 Å². The Hall–Kier alpha value is -3.85. The summed E-state index contributed by atoms with van der Waals surface area (Å²) >= 11 is 1.17. The molecule has 0 radical (unpaired) electrons. The van der Waals surface area contributed by atoms with Crippen molar-refractivity contribution in [1.82, 2.24) is 15.3 Å². The molecule has 32 heavy (non-hydrogen) atoms. The van der Waals surface area contributed by atoms with E-state index in [9.17, 15) is 9.59 Å². The average molecular weight is 450 g/mol. The van der Waals surface area contributed by atoms with E-state index in [2.05, 4.69) is 20.6 Å². The lowest BCUT2D eigenvalue weighted by molar-refractivity contribution is 0.0600. The van der Waals surface area contributed by atoms with Gasteiger partial charge in [0.15, 0.2) is 10.9 Å². The van der Waals surface area contributed by atoms with Crippen molar-refractivity contribution in [3.63, 3.8) is 0 Å². The average Bonchev–Trinajstić information content (AvgIpc) is 3.23. The van der Waals surface area contributed by atoms with Gasteiger partial charge < -0.3 is 10.1 Å². The number of nitrogens with one attached hydrogen (secondary N) is 2. The Bertz CT molecular complexity index is 1310. The van der Waals surface area contributed by atoms with Crippen LogP contribution in [0.3, 0.4) is 0 Å². The molecule has 2 amide bonds. The second-order valence-electron chi connectivity index (χ2n) is 6.75. The van der Waals surface area contributed by atoms with Crippen molar-refractivity contribution in [1.29, 1.82) is 0 Å². The molecular formula is C23H19FN4O3S. The van der Waals surface area contributed by atoms with Crippen molar-refractivity contribution in [2.24, 2.45) is 0 Å². The third-order valence-corrected chi connectivity index (χ3v) is 5.70. The molecule has 0 atom stereocenters. The number of rotatable bonds is 5. The Morgan fingerprint density at radius 1 is 1.12 bits per heavy atom. The Labute approximate surface area is 187 Å². The molecule has 0 saturated carbocycles. The molecule has 0 unspecified atom stereocenters. The van der Waals surface area contributed by atoms with Gasteiger partial charge in [0, 0.05) is 23.9 Å². The fourth-order valence-corrected chi connectivity index (χ4v) is 4.24. The Kier molecular flexibility index (Phi) is 6.09. The number of hydrogen-bond acceptors (Lipinski definition) is 6. The zero-order valence-corrected chi connectivity index (χ0v) is 18.1. The van der Waals surface area contributed by atoms with Crippen molar-refractivity contribution >= 4 is 38.7 Å². The number of amides is 2. The summed E-state index contributed by atoms with van der Waals surface area (Å²) in [5.41, 5.74) is 2.48. The number of methoxy groups -OCH3 is 1. The van der Waals surface area contributed by atoms with Gasteiger partial charge in [0.1, 0.15) is 5.52 Å². The van der Waals surface area contributed by atoms with E-state index >= 15 is 4.39 Å². The molecule has 162 valence electrons. The standard InChI is InChI=1S/C23H19FN4O3S/c1-3-25-22(30)28-23-27-19-18(24)15(13-7-6-8-14(11-13)21(29)31-2)12-16(20(19)32-23)17-9-4-5-10-26-17/h4-12H,3H2,1-2H3,(H2,25,27,28,30). The molecule has 2 heterocycles. The number of ether oxygens (including phenoxy) is 1. The van der Waals surface area contributed by atoms with E-state index in [4.69, 9.17) is 4.74 Å². The van der Waals surface area contributed by atoms with Crippen molar-refractivity contribution < 1.29 is 18.7 Å². The number of hydrogen-bond donors (Lipinski definition) is 2. The molecule has 0 aliphatic rings. The molecule has 4 rings (SSSR count). The van der Waals surface area contributed by atoms with Crippen LogP contribution in [0.2, 0.25) is 0 Å². The molecule has 0 bridgehead atoms. The van der Waals surface area contributed by atoms with Gasteiger partial charge in [0.25, 0.3) is 0 Å². The molecule has 0 fully saturated rings. The van der Waals surface area contributed by atoms with Crippen LogP contribution in [0.15, 0.2) is 54.7 Å². The van der Waals surface area contributed by atoms with Crippen LogP contribution in [0.5, 0.6) is 0 Å². The number of carbonyl (C=O) groups excluding carboxylic acids is 2. The van der Waals surface area contributed by atoms with Gasteiger partial charge in [-0.3, -0.25) is 10.3 Å². The summed E-state index contributed by atoms with van der Waals surface area (Å²) in [6.45, 7) is 2.25. The van der Waals surface area contributed by atoms with Crippen LogP contribution in [0, 0.1) is 5.82 Å². The van der Waals surface area contributed by atoms with E-state index in [1.165, 1.54) is 18.4 Å². The number of nitrogens with zero attached hydrogens (tertiary/aromatic N) is 2. The minimum Gasteiger partial charge on any atom is -0.465 e. The topological polar surface area (TPSA) is 93.2 Å². The van der Waals surface area contributed by atoms with E-state index in [0.717, 1.165) is 0 Å². The lowest BCUT2D eigenvalue weighted by Crippen LogP contribution is -2.28. The molecule has 9 heteroatoms. The van der Waals surface area contributed by atoms with Gasteiger partial charge in [-0.25, -0.2) is 19.0 Å². The highest BCUT2D eigenvalue weighted by Crippen LogP contribution is 2.40. The molecular weight excluding hydrogens is 431 g/mol. The first-order valence-electron chi connectivity index (χ1n) is 9.79. The number of thiazole rings is 1. The summed E-state index contributed by atoms with van der Waals surface area (Å²) < 4.78 is 21.0. The Balaban J connectivity index is 1.92. The largest absolute Gasteiger partial charge is 0.465 e. The molecule has 4 aromatic rings. The second-order valence-corrected chi connectivity index (χ2v) is 7.75. The lowest BCUT2D eigenvalue weighted by atomic mass is 9.98. The summed E-state index contributed by atoms with van der Waals surface area (Å²) in [6, 6.07) is 13.2. The summed E-state index contributed by atoms with van der Waals surface area (Å²) in [7, 11) is 1.29. The summed E-state index contributed by atoms with van der Waals surface area (Å²) in [4.78, 5) is 32.6. The molecule has 0 aliphatic carbocycles. The van der Waals surface area contributed by atoms with Crippen molar-refractivity contribution in [3.05, 3.63) is 66.1 Å². The number of esters is 1. The summed E-state index contributed by atoms with van der Waals surface area (Å²) in [5, 5.41) is 5.53. The first-order valence-corrected chi connectivity index (χ1v) is 10.6. The fraction of sp³-hybridized carbons (Fsp3) is 0.130. The monoisotopic (exact) mass is 450 g/mol. The predicted octanol–water partition coefficient (Wildman–Crippen LogP) is 5.09. The molecule has 2 aromatic carbocycles. The molecule has 0 spiro atoms. The number of urea groups is 1. The molecule has 2 N–H and O–H groups in total. The van der Waals surface area contributed by atoms with Gasteiger partial charge in [-0.2, -0.15) is 0 Å². The number of carbonyl (C=O) groups is 2. The predicted molar refractivity (Wildman–Crippen MR) is 122 cm³/mol. The number of aromatic nitrogens is 2. The minimum absolute atomic E-state index is 0.114. The number of fused-ring (bicyclic) bond motifs is 1. The quantitative estimate of drug-likeness (QED) is 0.413. The minimum atomic E-state index is -0.554. The van der Waals surface area contributed by atoms with E-state index in [1.807, 2.05) is 12.1 Å². The van der Waals surface area contributed by atoms with Crippen LogP contribution in [0.4, 0.5) is 14.3 Å². The number of benzene rings is 2. The first kappa shape index (κ1) is 21.4. The smallest absolute Gasteiger partial charge is 0.337 e. The lowest BCUT2D eigenvalue weighted by Gasteiger charge is -2.10. The highest BCUT2D eigenvalue weighted by molar-refractivity contribution is 7.22. The van der Waals surface area contributed by atoms with Gasteiger partial charge >= 0.3 is 12.0 Å². The fourth-order valence-electron chi connectivity index (χ4n) is 3.26. The van der Waals surface area contributed by atoms with Crippen LogP contribution < -0.4 is 10.6 Å². The molecule has 0 saturated heterocycles. The third-order valence-electron chi connectivity index (χ3n) is 4.70. The van der Waals surface area contributed by atoms with Crippen LogP contribution in [-0.4, -0.2) is 35.6 Å². The van der Waals surface area contributed by atoms with Crippen LogP contribution >= 0.6 is 11.3 Å². The van der Waals surface area contributed by atoms with Gasteiger partial charge in [-0.05, 0) is 42.8 Å². The van der Waals surface area contributed by atoms with Crippen molar-refractivity contribution in [3.8, 4) is 22.4 Å². The molecule has 0 aliphatic heterocycles. The van der Waals surface area contributed by atoms with Crippen molar-refractivity contribution in [2.45, 2.75) is 6.92 Å². The van der Waals surface area contributed by atoms with Gasteiger partial charge in [-0.15, -0.1) is 0 Å². The maximum atomic E-state index is 15.6. The normalized spacial score (nSPS) is 10.7. The zero-order valence-electron chi connectivity index (χ0n) is 17.3. The van der Waals surface area contributed by atoms with E-state index in [0.29, 0.717) is 33.6 Å². The van der Waals surface area contributed by atoms with Crippen LogP contribution in [-0.2, 0) is 4.74 Å². The maximum Gasteiger partial charge on any atom is 0.337 e. The second kappa shape index (κ2) is 9.11. The molecule has 7 nitrogen and oxygen atoms in total. The first-order chi connectivity index (χ1) is 15.5. The number of anilines is 1. The van der Waals surface area contributed by atoms with Gasteiger partial charge in [-0.1, -0.05) is 29.5 Å². The highest BCUT2D eigenvalue weighted by atomic mass is 32.1.